The number of aliphatic hydroxyl groups is 1. The standard InChI is InChI=1S/C7H8N2O4S/c10-2-1-8-5(11)3-4-6(12)9-7(13)14-4/h3,10H,1-2H2,(H,8,11)(H,9,12,13)/b4-3+. The van der Waals surface area contributed by atoms with Crippen molar-refractivity contribution in [3.63, 3.8) is 0 Å². The first-order chi connectivity index (χ1) is 6.63. The second-order valence-corrected chi connectivity index (χ2v) is 3.38. The molecule has 0 bridgehead atoms. The Bertz CT molecular complexity index is 313. The summed E-state index contributed by atoms with van der Waals surface area (Å²) in [6.07, 6.45) is 1.03. The van der Waals surface area contributed by atoms with Gasteiger partial charge in [0.25, 0.3) is 11.1 Å². The van der Waals surface area contributed by atoms with Crippen LogP contribution < -0.4 is 10.6 Å². The maximum Gasteiger partial charge on any atom is 0.290 e. The lowest BCUT2D eigenvalue weighted by atomic mass is 10.4. The monoisotopic (exact) mass is 216 g/mol. The topological polar surface area (TPSA) is 95.5 Å². The van der Waals surface area contributed by atoms with Crippen molar-refractivity contribution in [2.75, 3.05) is 13.2 Å². The van der Waals surface area contributed by atoms with Crippen LogP contribution in [0.3, 0.4) is 0 Å². The lowest BCUT2D eigenvalue weighted by molar-refractivity contribution is -0.118. The second kappa shape index (κ2) is 4.77. The molecule has 0 spiro atoms. The van der Waals surface area contributed by atoms with Gasteiger partial charge in [-0.05, 0) is 11.8 Å². The van der Waals surface area contributed by atoms with Crippen molar-refractivity contribution in [1.29, 1.82) is 0 Å². The van der Waals surface area contributed by atoms with Crippen molar-refractivity contribution in [3.8, 4) is 0 Å². The molecule has 1 aliphatic rings. The lowest BCUT2D eigenvalue weighted by Crippen LogP contribution is -2.25. The molecular weight excluding hydrogens is 208 g/mol. The number of hydrogen-bond donors (Lipinski definition) is 3. The van der Waals surface area contributed by atoms with Gasteiger partial charge in [-0.25, -0.2) is 0 Å². The summed E-state index contributed by atoms with van der Waals surface area (Å²) in [6.45, 7) is -0.0595. The average molecular weight is 216 g/mol. The number of hydrogen-bond acceptors (Lipinski definition) is 5. The van der Waals surface area contributed by atoms with Crippen molar-refractivity contribution in [1.82, 2.24) is 10.6 Å². The van der Waals surface area contributed by atoms with E-state index < -0.39 is 17.1 Å². The van der Waals surface area contributed by atoms with Crippen LogP contribution in [0.4, 0.5) is 4.79 Å². The third kappa shape index (κ3) is 2.86. The summed E-state index contributed by atoms with van der Waals surface area (Å²) in [5.41, 5.74) is 0. The Balaban J connectivity index is 2.55. The molecule has 0 aliphatic carbocycles. The zero-order valence-corrected chi connectivity index (χ0v) is 7.89. The lowest BCUT2D eigenvalue weighted by Gasteiger charge is -1.97. The fraction of sp³-hybridized carbons (Fsp3) is 0.286. The quantitative estimate of drug-likeness (QED) is 0.524. The van der Waals surface area contributed by atoms with Gasteiger partial charge < -0.3 is 10.4 Å². The van der Waals surface area contributed by atoms with Crippen molar-refractivity contribution >= 4 is 28.8 Å². The first-order valence-corrected chi connectivity index (χ1v) is 4.58. The number of carbonyl (C=O) groups excluding carboxylic acids is 3. The molecule has 1 fully saturated rings. The number of rotatable bonds is 3. The van der Waals surface area contributed by atoms with Gasteiger partial charge in [-0.3, -0.25) is 19.7 Å². The van der Waals surface area contributed by atoms with Crippen molar-refractivity contribution in [2.45, 2.75) is 0 Å². The summed E-state index contributed by atoms with van der Waals surface area (Å²) in [5.74, 6) is -1.08. The second-order valence-electron chi connectivity index (χ2n) is 2.37. The van der Waals surface area contributed by atoms with Crippen LogP contribution >= 0.6 is 11.8 Å². The Morgan fingerprint density at radius 3 is 2.79 bits per heavy atom. The Kier molecular flexibility index (Phi) is 3.66. The van der Waals surface area contributed by atoms with Crippen LogP contribution in [0.15, 0.2) is 11.0 Å². The highest BCUT2D eigenvalue weighted by molar-refractivity contribution is 8.18. The smallest absolute Gasteiger partial charge is 0.290 e. The van der Waals surface area contributed by atoms with Crippen LogP contribution in [0.1, 0.15) is 0 Å². The highest BCUT2D eigenvalue weighted by Gasteiger charge is 2.25. The minimum Gasteiger partial charge on any atom is -0.395 e. The van der Waals surface area contributed by atoms with Crippen LogP contribution in [0.2, 0.25) is 0 Å². The third-order valence-corrected chi connectivity index (χ3v) is 2.13. The van der Waals surface area contributed by atoms with Gasteiger partial charge in [0.05, 0.1) is 11.5 Å². The van der Waals surface area contributed by atoms with Gasteiger partial charge >= 0.3 is 0 Å². The summed E-state index contributed by atoms with van der Waals surface area (Å²) in [5, 5.41) is 12.2. The van der Waals surface area contributed by atoms with Crippen LogP contribution in [0, 0.1) is 0 Å². The van der Waals surface area contributed by atoms with Crippen LogP contribution in [0.5, 0.6) is 0 Å². The third-order valence-electron chi connectivity index (χ3n) is 1.32. The summed E-state index contributed by atoms with van der Waals surface area (Å²) >= 11 is 0.674. The molecule has 7 heteroatoms. The predicted octanol–water partition coefficient (Wildman–Crippen LogP) is -1.04. The van der Waals surface area contributed by atoms with Crippen molar-refractivity contribution in [3.05, 3.63) is 11.0 Å². The number of amides is 3. The normalized spacial score (nSPS) is 18.5. The number of thioether (sulfide) groups is 1. The molecule has 0 unspecified atom stereocenters. The number of nitrogens with one attached hydrogen (secondary N) is 2. The van der Waals surface area contributed by atoms with E-state index in [9.17, 15) is 14.4 Å². The van der Waals surface area contributed by atoms with Gasteiger partial charge in [0.2, 0.25) is 5.91 Å². The van der Waals surface area contributed by atoms with E-state index in [0.717, 1.165) is 6.08 Å². The van der Waals surface area contributed by atoms with Crippen LogP contribution in [0.25, 0.3) is 0 Å². The maximum atomic E-state index is 11.0. The summed E-state index contributed by atoms with van der Waals surface area (Å²) in [4.78, 5) is 32.7. The molecule has 0 atom stereocenters. The molecule has 76 valence electrons. The fourth-order valence-corrected chi connectivity index (χ4v) is 1.42. The predicted molar refractivity (Wildman–Crippen MR) is 49.3 cm³/mol. The van der Waals surface area contributed by atoms with Crippen LogP contribution in [-0.2, 0) is 9.59 Å². The van der Waals surface area contributed by atoms with Crippen molar-refractivity contribution in [2.24, 2.45) is 0 Å². The van der Waals surface area contributed by atoms with Gasteiger partial charge in [-0.1, -0.05) is 0 Å². The Morgan fingerprint density at radius 2 is 2.29 bits per heavy atom. The van der Waals surface area contributed by atoms with E-state index in [1.807, 2.05) is 5.32 Å². The maximum absolute atomic E-state index is 11.0. The molecule has 14 heavy (non-hydrogen) atoms. The molecule has 1 aliphatic heterocycles. The van der Waals surface area contributed by atoms with E-state index in [2.05, 4.69) is 5.32 Å². The van der Waals surface area contributed by atoms with Crippen LogP contribution in [-0.4, -0.2) is 35.3 Å². The largest absolute Gasteiger partial charge is 0.395 e. The molecule has 3 N–H and O–H groups in total. The van der Waals surface area contributed by atoms with E-state index in [1.165, 1.54) is 0 Å². The minimum atomic E-state index is -0.570. The van der Waals surface area contributed by atoms with E-state index >= 15 is 0 Å². The molecule has 0 radical (unpaired) electrons. The number of aliphatic hydroxyl groups excluding tert-OH is 1. The zero-order valence-electron chi connectivity index (χ0n) is 7.07. The molecule has 1 saturated heterocycles. The molecule has 1 rings (SSSR count). The molecule has 0 aromatic heterocycles. The molecular formula is C7H8N2O4S. The van der Waals surface area contributed by atoms with Gasteiger partial charge in [-0.15, -0.1) is 0 Å². The summed E-state index contributed by atoms with van der Waals surface area (Å²) < 4.78 is 0. The SMILES string of the molecule is O=C(/C=C1/SC(=O)NC1=O)NCCO. The summed E-state index contributed by atoms with van der Waals surface area (Å²) in [7, 11) is 0. The highest BCUT2D eigenvalue weighted by Crippen LogP contribution is 2.22. The number of carbonyl (C=O) groups is 3. The molecule has 3 amide bonds. The van der Waals surface area contributed by atoms with Gasteiger partial charge in [0.1, 0.15) is 0 Å². The Morgan fingerprint density at radius 1 is 1.57 bits per heavy atom. The molecule has 0 aromatic rings. The van der Waals surface area contributed by atoms with E-state index in [0.29, 0.717) is 11.8 Å². The fourth-order valence-electron chi connectivity index (χ4n) is 0.770. The van der Waals surface area contributed by atoms with E-state index in [1.54, 1.807) is 0 Å². The Labute approximate surface area is 83.7 Å². The highest BCUT2D eigenvalue weighted by atomic mass is 32.2. The van der Waals surface area contributed by atoms with E-state index in [4.69, 9.17) is 5.11 Å². The first-order valence-electron chi connectivity index (χ1n) is 3.77. The summed E-state index contributed by atoms with van der Waals surface area (Å²) in [6, 6.07) is 0. The van der Waals surface area contributed by atoms with Gasteiger partial charge in [0, 0.05) is 12.6 Å². The van der Waals surface area contributed by atoms with Crippen molar-refractivity contribution < 1.29 is 19.5 Å². The average Bonchev–Trinajstić information content (AvgIpc) is 2.42. The molecule has 6 nitrogen and oxygen atoms in total. The molecule has 0 saturated carbocycles. The van der Waals surface area contributed by atoms with Gasteiger partial charge in [0.15, 0.2) is 0 Å². The Hall–Kier alpha value is -1.34. The number of imide groups is 1. The minimum absolute atomic E-state index is 0.0606. The first kappa shape index (κ1) is 10.7. The molecule has 0 aromatic carbocycles. The molecule has 1 heterocycles. The van der Waals surface area contributed by atoms with Gasteiger partial charge in [-0.2, -0.15) is 0 Å². The zero-order chi connectivity index (χ0) is 10.6. The van der Waals surface area contributed by atoms with E-state index in [-0.39, 0.29) is 18.1 Å².